The van der Waals surface area contributed by atoms with Gasteiger partial charge in [-0.15, -0.1) is 0 Å². The molecule has 1 aliphatic heterocycles. The largest absolute Gasteiger partial charge is 0.298 e. The van der Waals surface area contributed by atoms with Crippen molar-refractivity contribution in [2.24, 2.45) is 7.05 Å². The maximum atomic E-state index is 4.58. The first-order valence-electron chi connectivity index (χ1n) is 7.08. The Labute approximate surface area is 124 Å². The zero-order valence-corrected chi connectivity index (χ0v) is 14.2. The van der Waals surface area contributed by atoms with Gasteiger partial charge in [0.25, 0.3) is 0 Å². The van der Waals surface area contributed by atoms with Crippen LogP contribution in [-0.2, 0) is 20.0 Å². The highest BCUT2D eigenvalue weighted by molar-refractivity contribution is 9.10. The van der Waals surface area contributed by atoms with Gasteiger partial charge in [-0.25, -0.2) is 0 Å². The standard InChI is InChI=1S/C14H25BrN4/c1-6-12-14(15)13(18(5)16-12)9-19-7-10(2)17(4)11(3)8-19/h10-11H,6-9H2,1-5H3. The zero-order valence-electron chi connectivity index (χ0n) is 12.6. The van der Waals surface area contributed by atoms with Crippen molar-refractivity contribution in [1.82, 2.24) is 19.6 Å². The van der Waals surface area contributed by atoms with Gasteiger partial charge in [-0.05, 0) is 43.2 Å². The first-order chi connectivity index (χ1) is 8.93. The molecule has 108 valence electrons. The predicted octanol–water partition coefficient (Wildman–Crippen LogP) is 2.27. The molecule has 0 amide bonds. The van der Waals surface area contributed by atoms with Gasteiger partial charge in [0.15, 0.2) is 0 Å². The third kappa shape index (κ3) is 3.03. The summed E-state index contributed by atoms with van der Waals surface area (Å²) in [5, 5.41) is 4.58. The smallest absolute Gasteiger partial charge is 0.0767 e. The highest BCUT2D eigenvalue weighted by atomic mass is 79.9. The normalized spacial score (nSPS) is 26.0. The molecule has 0 radical (unpaired) electrons. The van der Waals surface area contributed by atoms with E-state index < -0.39 is 0 Å². The number of nitrogens with zero attached hydrogens (tertiary/aromatic N) is 4. The number of halogens is 1. The van der Waals surface area contributed by atoms with E-state index in [1.807, 2.05) is 11.7 Å². The Morgan fingerprint density at radius 3 is 2.26 bits per heavy atom. The van der Waals surface area contributed by atoms with Crippen LogP contribution in [0.1, 0.15) is 32.2 Å². The Balaban J connectivity index is 2.11. The van der Waals surface area contributed by atoms with Gasteiger partial charge in [0.05, 0.1) is 15.9 Å². The van der Waals surface area contributed by atoms with E-state index in [-0.39, 0.29) is 0 Å². The van der Waals surface area contributed by atoms with Crippen LogP contribution in [0.2, 0.25) is 0 Å². The molecule has 1 saturated heterocycles. The number of piperazine rings is 1. The minimum absolute atomic E-state index is 0.612. The van der Waals surface area contributed by atoms with E-state index in [1.54, 1.807) is 0 Å². The summed E-state index contributed by atoms with van der Waals surface area (Å²) in [6.07, 6.45) is 0.976. The van der Waals surface area contributed by atoms with E-state index in [1.165, 1.54) is 10.2 Å². The summed E-state index contributed by atoms with van der Waals surface area (Å²) in [6.45, 7) is 9.99. The number of aryl methyl sites for hydroxylation is 2. The summed E-state index contributed by atoms with van der Waals surface area (Å²) in [5.41, 5.74) is 2.45. The maximum Gasteiger partial charge on any atom is 0.0767 e. The van der Waals surface area contributed by atoms with Gasteiger partial charge in [0.2, 0.25) is 0 Å². The molecule has 0 bridgehead atoms. The SMILES string of the molecule is CCc1nn(C)c(CN2CC(C)N(C)C(C)C2)c1Br. The molecule has 0 spiro atoms. The number of rotatable bonds is 3. The summed E-state index contributed by atoms with van der Waals surface area (Å²) >= 11 is 3.71. The van der Waals surface area contributed by atoms with Crippen LogP contribution < -0.4 is 0 Å². The van der Waals surface area contributed by atoms with Crippen LogP contribution in [0.4, 0.5) is 0 Å². The molecular formula is C14H25BrN4. The van der Waals surface area contributed by atoms with Crippen molar-refractivity contribution in [3.8, 4) is 0 Å². The zero-order chi connectivity index (χ0) is 14.2. The van der Waals surface area contributed by atoms with E-state index in [9.17, 15) is 0 Å². The third-order valence-corrected chi connectivity index (χ3v) is 5.23. The fraction of sp³-hybridized carbons (Fsp3) is 0.786. The highest BCUT2D eigenvalue weighted by Gasteiger charge is 2.27. The molecule has 0 aliphatic carbocycles. The second-order valence-corrected chi connectivity index (χ2v) is 6.54. The van der Waals surface area contributed by atoms with E-state index in [4.69, 9.17) is 0 Å². The van der Waals surface area contributed by atoms with Gasteiger partial charge in [-0.3, -0.25) is 14.5 Å². The van der Waals surface area contributed by atoms with Crippen molar-refractivity contribution < 1.29 is 0 Å². The molecule has 1 aromatic rings. The molecule has 1 aliphatic rings. The maximum absolute atomic E-state index is 4.58. The molecule has 1 fully saturated rings. The quantitative estimate of drug-likeness (QED) is 0.850. The van der Waals surface area contributed by atoms with Gasteiger partial charge in [-0.1, -0.05) is 6.92 Å². The van der Waals surface area contributed by atoms with E-state index in [0.29, 0.717) is 12.1 Å². The molecule has 2 rings (SSSR count). The highest BCUT2D eigenvalue weighted by Crippen LogP contribution is 2.24. The minimum atomic E-state index is 0.612. The molecule has 0 aromatic carbocycles. The van der Waals surface area contributed by atoms with Crippen LogP contribution in [0.25, 0.3) is 0 Å². The first-order valence-corrected chi connectivity index (χ1v) is 7.87. The topological polar surface area (TPSA) is 24.3 Å². The van der Waals surface area contributed by atoms with E-state index in [2.05, 4.69) is 58.6 Å². The summed E-state index contributed by atoms with van der Waals surface area (Å²) in [6, 6.07) is 1.22. The van der Waals surface area contributed by atoms with Crippen molar-refractivity contribution in [3.05, 3.63) is 15.9 Å². The number of hydrogen-bond donors (Lipinski definition) is 0. The Morgan fingerprint density at radius 2 is 1.79 bits per heavy atom. The Kier molecular flexibility index (Phi) is 4.69. The molecule has 2 atom stereocenters. The second-order valence-electron chi connectivity index (χ2n) is 5.74. The number of aromatic nitrogens is 2. The van der Waals surface area contributed by atoms with Crippen LogP contribution in [-0.4, -0.2) is 51.8 Å². The molecule has 0 saturated carbocycles. The van der Waals surface area contributed by atoms with E-state index >= 15 is 0 Å². The lowest BCUT2D eigenvalue weighted by Crippen LogP contribution is -2.54. The molecule has 0 N–H and O–H groups in total. The number of hydrogen-bond acceptors (Lipinski definition) is 3. The average molecular weight is 329 g/mol. The van der Waals surface area contributed by atoms with Crippen molar-refractivity contribution in [3.63, 3.8) is 0 Å². The van der Waals surface area contributed by atoms with Crippen LogP contribution in [0.3, 0.4) is 0 Å². The lowest BCUT2D eigenvalue weighted by atomic mass is 10.1. The summed E-state index contributed by atoms with van der Waals surface area (Å²) in [7, 11) is 4.27. The van der Waals surface area contributed by atoms with Gasteiger partial charge >= 0.3 is 0 Å². The Bertz CT molecular complexity index is 431. The van der Waals surface area contributed by atoms with Crippen LogP contribution >= 0.6 is 15.9 Å². The Hall–Kier alpha value is -0.390. The summed E-state index contributed by atoms with van der Waals surface area (Å²) in [4.78, 5) is 5.00. The van der Waals surface area contributed by atoms with Gasteiger partial charge in [-0.2, -0.15) is 5.10 Å². The van der Waals surface area contributed by atoms with Gasteiger partial charge in [0.1, 0.15) is 0 Å². The summed E-state index contributed by atoms with van der Waals surface area (Å²) < 4.78 is 3.22. The van der Waals surface area contributed by atoms with E-state index in [0.717, 1.165) is 31.7 Å². The minimum Gasteiger partial charge on any atom is -0.298 e. The second kappa shape index (κ2) is 5.94. The fourth-order valence-electron chi connectivity index (χ4n) is 2.85. The van der Waals surface area contributed by atoms with Crippen molar-refractivity contribution >= 4 is 15.9 Å². The van der Waals surface area contributed by atoms with Crippen LogP contribution in [0, 0.1) is 0 Å². The van der Waals surface area contributed by atoms with Crippen LogP contribution in [0.15, 0.2) is 4.47 Å². The summed E-state index contributed by atoms with van der Waals surface area (Å²) in [5.74, 6) is 0. The van der Waals surface area contributed by atoms with Crippen LogP contribution in [0.5, 0.6) is 0 Å². The number of likely N-dealkylation sites (N-methyl/N-ethyl adjacent to an activating group) is 1. The van der Waals surface area contributed by atoms with Crippen molar-refractivity contribution in [2.75, 3.05) is 20.1 Å². The predicted molar refractivity (Wildman–Crippen MR) is 82.3 cm³/mol. The molecular weight excluding hydrogens is 304 g/mol. The molecule has 4 nitrogen and oxygen atoms in total. The average Bonchev–Trinajstić information content (AvgIpc) is 2.63. The molecule has 1 aromatic heterocycles. The lowest BCUT2D eigenvalue weighted by Gasteiger charge is -2.42. The molecule has 2 unspecified atom stereocenters. The lowest BCUT2D eigenvalue weighted by molar-refractivity contribution is 0.0541. The van der Waals surface area contributed by atoms with Crippen molar-refractivity contribution in [2.45, 2.75) is 45.8 Å². The van der Waals surface area contributed by atoms with Gasteiger partial charge < -0.3 is 0 Å². The fourth-order valence-corrected chi connectivity index (χ4v) is 3.59. The van der Waals surface area contributed by atoms with Gasteiger partial charge in [0, 0.05) is 38.8 Å². The molecule has 5 heteroatoms. The molecule has 2 heterocycles. The monoisotopic (exact) mass is 328 g/mol. The van der Waals surface area contributed by atoms with Crippen molar-refractivity contribution in [1.29, 1.82) is 0 Å². The molecule has 19 heavy (non-hydrogen) atoms. The Morgan fingerprint density at radius 1 is 1.21 bits per heavy atom. The third-order valence-electron chi connectivity index (χ3n) is 4.31. The first kappa shape index (κ1) is 15.0.